The first-order valence-electron chi connectivity index (χ1n) is 31.8. The second kappa shape index (κ2) is 27.6. The van der Waals surface area contributed by atoms with Gasteiger partial charge in [0.15, 0.2) is 16.9 Å². The number of nitrogens with zero attached hydrogens (tertiary/aromatic N) is 6. The molecular weight excluding hydrogens is 1230 g/mol. The Morgan fingerprint density at radius 3 is 2.32 bits per heavy atom. The second-order valence-corrected chi connectivity index (χ2v) is 28.1. The van der Waals surface area contributed by atoms with E-state index < -0.39 is 92.2 Å². The van der Waals surface area contributed by atoms with Crippen LogP contribution in [-0.4, -0.2) is 190 Å². The highest BCUT2D eigenvalue weighted by Crippen LogP contribution is 2.72. The summed E-state index contributed by atoms with van der Waals surface area (Å²) in [5.74, 6) is -3.29. The number of thiazole rings is 1. The van der Waals surface area contributed by atoms with Gasteiger partial charge in [-0.25, -0.2) is 24.4 Å². The van der Waals surface area contributed by atoms with Gasteiger partial charge in [-0.1, -0.05) is 61.6 Å². The quantitative estimate of drug-likeness (QED) is 0.0305. The fraction of sp³-hybridized carbons (Fsp3) is 0.522. The molecule has 2 aliphatic heterocycles. The summed E-state index contributed by atoms with van der Waals surface area (Å²) in [6, 6.07) is 21.9. The van der Waals surface area contributed by atoms with E-state index in [0.29, 0.717) is 85.9 Å². The molecule has 4 saturated carbocycles. The number of nitrogens with one attached hydrogen (secondary N) is 2. The second-order valence-electron chi connectivity index (χ2n) is 27.1. The number of unbranched alkanes of at least 4 members (excludes halogenated alkanes) is 1. The van der Waals surface area contributed by atoms with Crippen LogP contribution in [0.2, 0.25) is 0 Å². The van der Waals surface area contributed by atoms with Crippen molar-refractivity contribution in [1.29, 1.82) is 0 Å². The Morgan fingerprint density at radius 1 is 0.851 bits per heavy atom. The zero-order chi connectivity index (χ0) is 66.9. The Bertz CT molecular complexity index is 3740. The standard InChI is InChI=1S/C67H83N9O17S/c1-39-45(43-16-17-50(71-52(43)58(85)86)75-21-18-41-10-8-11-44(46(41)27-75)57(84)72-61-70-47-12-4-5-13-49(47)94-61)26-69-76(39)35-65-30-63(2)29-64(3,31-65)33-67(32-63,34-65)91-24-23-74(22-19-51(80)73-66(36-77,37-78)38-79)62(89)90-28-42-15-14-40(9-6-7-20-68)25-48(42)92-60-55(83)53(81)54(82)56(93-60)59(87)88/h4-5,8,10-17,25-26,53-56,60,77-79,81-83H,6-7,9,18-24,27-38,68H2,1-3H3,(H,73,80)(H,85,86)(H,87,88)(H,70,72,84)/t53-,54?,55+,56-,60+,63?,64?,65?,67?/m1/s1. The molecule has 6 aliphatic rings. The van der Waals surface area contributed by atoms with Crippen molar-refractivity contribution < 1.29 is 83.8 Å². The van der Waals surface area contributed by atoms with Crippen LogP contribution < -0.4 is 26.0 Å². The van der Waals surface area contributed by atoms with Gasteiger partial charge in [-0.2, -0.15) is 5.10 Å². The van der Waals surface area contributed by atoms with Gasteiger partial charge in [-0.05, 0) is 147 Å². The van der Waals surface area contributed by atoms with Gasteiger partial charge in [-0.15, -0.1) is 0 Å². The molecule has 5 fully saturated rings. The molecule has 0 radical (unpaired) electrons. The van der Waals surface area contributed by atoms with Crippen molar-refractivity contribution in [2.24, 2.45) is 22.0 Å². The maximum Gasteiger partial charge on any atom is 0.410 e. The van der Waals surface area contributed by atoms with Crippen LogP contribution in [0.4, 0.5) is 15.7 Å². The number of amides is 3. The van der Waals surface area contributed by atoms with Crippen LogP contribution >= 0.6 is 11.3 Å². The number of pyridine rings is 1. The number of carbonyl (C=O) groups excluding carboxylic acids is 3. The van der Waals surface area contributed by atoms with Crippen LogP contribution in [0, 0.1) is 23.2 Å². The van der Waals surface area contributed by atoms with E-state index >= 15 is 0 Å². The summed E-state index contributed by atoms with van der Waals surface area (Å²) < 4.78 is 27.4. The number of carboxylic acids is 2. The van der Waals surface area contributed by atoms with E-state index in [1.165, 1.54) is 16.2 Å². The Labute approximate surface area is 546 Å². The van der Waals surface area contributed by atoms with Crippen molar-refractivity contribution in [1.82, 2.24) is 30.0 Å². The smallest absolute Gasteiger partial charge is 0.410 e. The molecule has 4 aliphatic carbocycles. The number of benzene rings is 3. The predicted octanol–water partition coefficient (Wildman–Crippen LogP) is 4.93. The Morgan fingerprint density at radius 2 is 1.61 bits per heavy atom. The van der Waals surface area contributed by atoms with E-state index in [-0.39, 0.29) is 65.3 Å². The lowest BCUT2D eigenvalue weighted by Crippen LogP contribution is -2.64. The third-order valence-corrected chi connectivity index (χ3v) is 20.3. The summed E-state index contributed by atoms with van der Waals surface area (Å²) >= 11 is 1.40. The number of hydrogen-bond acceptors (Lipinski definition) is 21. The highest BCUT2D eigenvalue weighted by Gasteiger charge is 2.66. The monoisotopic (exact) mass is 1320 g/mol. The highest BCUT2D eigenvalue weighted by molar-refractivity contribution is 7.22. The van der Waals surface area contributed by atoms with Crippen LogP contribution in [0.25, 0.3) is 21.3 Å². The van der Waals surface area contributed by atoms with Crippen molar-refractivity contribution in [3.05, 3.63) is 118 Å². The number of ether oxygens (including phenoxy) is 4. The number of aromatic carboxylic acids is 1. The zero-order valence-electron chi connectivity index (χ0n) is 52.9. The van der Waals surface area contributed by atoms with Gasteiger partial charge in [0, 0.05) is 67.1 Å². The third-order valence-electron chi connectivity index (χ3n) is 19.4. The number of hydrogen-bond donors (Lipinski definition) is 11. The molecule has 26 nitrogen and oxygen atoms in total. The number of fused-ring (bicyclic) bond motifs is 2. The van der Waals surface area contributed by atoms with Gasteiger partial charge in [0.05, 0.1) is 48.4 Å². The van der Waals surface area contributed by atoms with Gasteiger partial charge < -0.3 is 80.6 Å². The van der Waals surface area contributed by atoms with Crippen LogP contribution in [0.5, 0.6) is 5.75 Å². The van der Waals surface area contributed by atoms with E-state index in [2.05, 4.69) is 29.5 Å². The van der Waals surface area contributed by atoms with Gasteiger partial charge >= 0.3 is 18.0 Å². The summed E-state index contributed by atoms with van der Waals surface area (Å²) in [6.07, 6.45) is -1.57. The number of carboxylic acid groups (broad SMARTS) is 2. The van der Waals surface area contributed by atoms with E-state index in [0.717, 1.165) is 64.7 Å². The summed E-state index contributed by atoms with van der Waals surface area (Å²) in [7, 11) is 0. The molecule has 7 atom stereocenters. The average Bonchev–Trinajstić information content (AvgIpc) is 0.730. The van der Waals surface area contributed by atoms with E-state index in [4.69, 9.17) is 34.8 Å². The molecule has 3 unspecified atom stereocenters. The summed E-state index contributed by atoms with van der Waals surface area (Å²) in [5.41, 5.74) is 8.63. The summed E-state index contributed by atoms with van der Waals surface area (Å²) in [4.78, 5) is 79.5. The molecule has 6 aromatic rings. The predicted molar refractivity (Wildman–Crippen MR) is 343 cm³/mol. The summed E-state index contributed by atoms with van der Waals surface area (Å²) in [5, 5.41) is 93.1. The van der Waals surface area contributed by atoms with Gasteiger partial charge in [-0.3, -0.25) is 19.6 Å². The van der Waals surface area contributed by atoms with Crippen molar-refractivity contribution in [3.63, 3.8) is 0 Å². The van der Waals surface area contributed by atoms with Crippen LogP contribution in [-0.2, 0) is 56.3 Å². The first-order valence-corrected chi connectivity index (χ1v) is 32.6. The van der Waals surface area contributed by atoms with E-state index in [9.17, 15) is 64.8 Å². The lowest BCUT2D eigenvalue weighted by molar-refractivity contribution is -0.271. The number of rotatable bonds is 27. The molecule has 12 N–H and O–H groups in total. The first kappa shape index (κ1) is 67.7. The molecule has 5 heterocycles. The number of aryl methyl sites for hydroxylation is 1. The van der Waals surface area contributed by atoms with E-state index in [1.54, 1.807) is 36.5 Å². The van der Waals surface area contributed by atoms with Crippen molar-refractivity contribution in [2.75, 3.05) is 62.8 Å². The van der Waals surface area contributed by atoms with Crippen molar-refractivity contribution in [2.45, 2.75) is 153 Å². The van der Waals surface area contributed by atoms with Crippen LogP contribution in [0.1, 0.15) is 120 Å². The minimum atomic E-state index is -1.97. The molecule has 27 heteroatoms. The maximum atomic E-state index is 14.4. The molecular formula is C67H83N9O17S. The molecule has 94 heavy (non-hydrogen) atoms. The lowest BCUT2D eigenvalue weighted by atomic mass is 9.39. The molecule has 0 spiro atoms. The number of nitrogens with two attached hydrogens (primary N) is 1. The maximum absolute atomic E-state index is 14.4. The Balaban J connectivity index is 0.792. The first-order chi connectivity index (χ1) is 44.9. The topological polar surface area (TPSA) is 384 Å². The number of anilines is 2. The fourth-order valence-corrected chi connectivity index (χ4v) is 16.8. The minimum absolute atomic E-state index is 0.0197. The summed E-state index contributed by atoms with van der Waals surface area (Å²) in [6.45, 7) is 5.35. The molecule has 3 aromatic carbocycles. The molecule has 504 valence electrons. The molecule has 3 amide bonds. The van der Waals surface area contributed by atoms with Crippen molar-refractivity contribution in [3.8, 4) is 16.9 Å². The highest BCUT2D eigenvalue weighted by atomic mass is 32.1. The molecule has 3 aromatic heterocycles. The SMILES string of the molecule is Cc1c(-c2ccc(N3CCc4cccc(C(=O)Nc5nc6ccccc6s5)c4C3)nc2C(=O)O)cnn1CC12CC3(C)CC(C)(C1)CC(OCCN(CCC(=O)NC(CO)(CO)CO)C(=O)OCc1ccc(CCCCN)cc1O[C@H]1O[C@@H](C(=O)O)C(O)[C@@H](O)[C@@H]1O)(C3)C2. The fourth-order valence-electron chi connectivity index (χ4n) is 15.9. The van der Waals surface area contributed by atoms with Gasteiger partial charge in [0.2, 0.25) is 12.2 Å². The number of aromatic nitrogens is 4. The normalized spacial score (nSPS) is 25.4. The molecule has 1 saturated heterocycles. The molecule has 12 rings (SSSR count). The number of aliphatic carboxylic acids is 1. The van der Waals surface area contributed by atoms with E-state index in [1.807, 2.05) is 59.0 Å². The molecule has 4 bridgehead atoms. The Hall–Kier alpha value is -7.70. The van der Waals surface area contributed by atoms with Crippen LogP contribution in [0.15, 0.2) is 79.0 Å². The van der Waals surface area contributed by atoms with Gasteiger partial charge in [0.1, 0.15) is 42.0 Å². The minimum Gasteiger partial charge on any atom is -0.479 e. The Kier molecular flexibility index (Phi) is 19.9. The number of carbonyl (C=O) groups is 5. The largest absolute Gasteiger partial charge is 0.479 e. The van der Waals surface area contributed by atoms with Gasteiger partial charge in [0.25, 0.3) is 5.91 Å². The third kappa shape index (κ3) is 14.3. The average molecular weight is 1320 g/mol. The zero-order valence-corrected chi connectivity index (χ0v) is 53.7. The number of aliphatic hydroxyl groups is 6. The number of aliphatic hydroxyl groups excluding tert-OH is 6. The lowest BCUT2D eigenvalue weighted by Gasteiger charge is -2.69. The number of para-hydroxylation sites is 1. The van der Waals surface area contributed by atoms with Crippen molar-refractivity contribution >= 4 is 62.3 Å². The van der Waals surface area contributed by atoms with Crippen LogP contribution in [0.3, 0.4) is 0 Å².